The smallest absolute Gasteiger partial charge is 0.310 e. The number of pyridine rings is 1. The topological polar surface area (TPSA) is 39.2 Å². The molecule has 0 fully saturated rings. The van der Waals surface area contributed by atoms with Gasteiger partial charge in [-0.2, -0.15) is 0 Å². The summed E-state index contributed by atoms with van der Waals surface area (Å²) in [5, 5.41) is 0. The number of ether oxygens (including phenoxy) is 1. The van der Waals surface area contributed by atoms with Gasteiger partial charge in [-0.1, -0.05) is 0 Å². The van der Waals surface area contributed by atoms with Crippen molar-refractivity contribution in [2.75, 3.05) is 7.11 Å². The summed E-state index contributed by atoms with van der Waals surface area (Å²) in [7, 11) is 1.20. The lowest BCUT2D eigenvalue weighted by Gasteiger charge is -2.12. The number of alkyl halides is 3. The molecular weight excluding hydrogens is 366 g/mol. The van der Waals surface area contributed by atoms with Crippen molar-refractivity contribution in [1.29, 1.82) is 0 Å². The third kappa shape index (κ3) is 3.74. The Morgan fingerprint density at radius 2 is 2.29 bits per heavy atom. The van der Waals surface area contributed by atoms with Gasteiger partial charge in [0.25, 0.3) is 6.43 Å². The van der Waals surface area contributed by atoms with Crippen molar-refractivity contribution in [3.8, 4) is 0 Å². The van der Waals surface area contributed by atoms with E-state index in [4.69, 9.17) is 11.6 Å². The maximum Gasteiger partial charge on any atom is 0.310 e. The molecule has 0 aliphatic rings. The molecule has 0 saturated carbocycles. The summed E-state index contributed by atoms with van der Waals surface area (Å²) in [6.07, 6.45) is -2.92. The van der Waals surface area contributed by atoms with Crippen LogP contribution >= 0.6 is 34.2 Å². The second kappa shape index (κ2) is 6.44. The van der Waals surface area contributed by atoms with E-state index in [1.807, 2.05) is 22.6 Å². The van der Waals surface area contributed by atoms with Crippen molar-refractivity contribution in [1.82, 2.24) is 4.98 Å². The molecule has 0 bridgehead atoms. The lowest BCUT2D eigenvalue weighted by molar-refractivity contribution is -0.139. The number of hydrogen-bond donors (Lipinski definition) is 0. The lowest BCUT2D eigenvalue weighted by Crippen LogP contribution is -2.11. The van der Waals surface area contributed by atoms with Gasteiger partial charge in [-0.05, 0) is 34.2 Å². The van der Waals surface area contributed by atoms with Gasteiger partial charge in [-0.3, -0.25) is 4.79 Å². The van der Waals surface area contributed by atoms with Gasteiger partial charge in [0.2, 0.25) is 0 Å². The van der Waals surface area contributed by atoms with E-state index in [-0.39, 0.29) is 23.4 Å². The zero-order chi connectivity index (χ0) is 13.0. The largest absolute Gasteiger partial charge is 0.469 e. The zero-order valence-corrected chi connectivity index (χ0v) is 11.8. The van der Waals surface area contributed by atoms with Gasteiger partial charge < -0.3 is 4.74 Å². The normalized spacial score (nSPS) is 10.7. The summed E-state index contributed by atoms with van der Waals surface area (Å²) in [5.41, 5.74) is 0.229. The summed E-state index contributed by atoms with van der Waals surface area (Å²) in [4.78, 5) is 15.2. The maximum atomic E-state index is 12.9. The van der Waals surface area contributed by atoms with Gasteiger partial charge in [-0.15, -0.1) is 11.6 Å². The fraction of sp³-hybridized carbons (Fsp3) is 0.400. The first-order valence-electron chi connectivity index (χ1n) is 4.58. The van der Waals surface area contributed by atoms with Crippen LogP contribution < -0.4 is 0 Å². The predicted octanol–water partition coefficient (Wildman–Crippen LogP) is 3.08. The number of nitrogens with zero attached hydrogens (tertiary/aromatic N) is 1. The standard InChI is InChI=1S/C10H9ClF2INO2/c1-17-9(16)3-5-6(10(12)13)2-8(14)15-7(5)4-11/h2,10H,3-4H2,1H3. The molecule has 0 radical (unpaired) electrons. The van der Waals surface area contributed by atoms with E-state index in [0.29, 0.717) is 9.39 Å². The first-order valence-corrected chi connectivity index (χ1v) is 6.20. The van der Waals surface area contributed by atoms with Crippen LogP contribution in [0.1, 0.15) is 23.2 Å². The fourth-order valence-electron chi connectivity index (χ4n) is 1.34. The van der Waals surface area contributed by atoms with Crippen LogP contribution in [0, 0.1) is 3.70 Å². The quantitative estimate of drug-likeness (QED) is 0.351. The number of halogens is 4. The average molecular weight is 376 g/mol. The summed E-state index contributed by atoms with van der Waals surface area (Å²) in [5.74, 6) is -0.621. The summed E-state index contributed by atoms with van der Waals surface area (Å²) in [6, 6.07) is 1.25. The Balaban J connectivity index is 3.26. The molecule has 17 heavy (non-hydrogen) atoms. The molecule has 0 atom stereocenters. The molecule has 3 nitrogen and oxygen atoms in total. The number of hydrogen-bond acceptors (Lipinski definition) is 3. The molecule has 0 aliphatic carbocycles. The molecule has 94 valence electrons. The highest BCUT2D eigenvalue weighted by Gasteiger charge is 2.20. The molecular formula is C10H9ClF2INO2. The van der Waals surface area contributed by atoms with E-state index >= 15 is 0 Å². The van der Waals surface area contributed by atoms with Gasteiger partial charge in [0.05, 0.1) is 25.1 Å². The predicted molar refractivity (Wildman–Crippen MR) is 67.2 cm³/mol. The van der Waals surface area contributed by atoms with Crippen molar-refractivity contribution in [3.05, 3.63) is 26.6 Å². The molecule has 0 amide bonds. The van der Waals surface area contributed by atoms with E-state index in [0.717, 1.165) is 0 Å². The number of methoxy groups -OCH3 is 1. The summed E-state index contributed by atoms with van der Waals surface area (Å²) < 4.78 is 30.6. The number of carbonyl (C=O) groups is 1. The Hall–Kier alpha value is -0.500. The highest BCUT2D eigenvalue weighted by atomic mass is 127. The van der Waals surface area contributed by atoms with Crippen LogP contribution in [0.25, 0.3) is 0 Å². The fourth-order valence-corrected chi connectivity index (χ4v) is 2.18. The molecule has 0 aliphatic heterocycles. The van der Waals surface area contributed by atoms with Crippen molar-refractivity contribution >= 4 is 40.2 Å². The van der Waals surface area contributed by atoms with Crippen LogP contribution in [0.15, 0.2) is 6.07 Å². The Kier molecular flexibility index (Phi) is 5.51. The van der Waals surface area contributed by atoms with Gasteiger partial charge in [0, 0.05) is 5.56 Å². The first-order chi connectivity index (χ1) is 7.99. The highest BCUT2D eigenvalue weighted by Crippen LogP contribution is 2.27. The third-order valence-electron chi connectivity index (χ3n) is 2.12. The number of aromatic nitrogens is 1. The number of esters is 1. The number of carbonyl (C=O) groups excluding carboxylic acids is 1. The Bertz CT molecular complexity index is 429. The molecule has 0 saturated heterocycles. The minimum Gasteiger partial charge on any atom is -0.469 e. The molecule has 0 spiro atoms. The van der Waals surface area contributed by atoms with E-state index in [1.165, 1.54) is 13.2 Å². The molecule has 0 aromatic carbocycles. The Morgan fingerprint density at radius 3 is 2.76 bits per heavy atom. The average Bonchev–Trinajstić information content (AvgIpc) is 2.30. The molecule has 1 aromatic rings. The summed E-state index contributed by atoms with van der Waals surface area (Å²) >= 11 is 7.47. The molecule has 7 heteroatoms. The van der Waals surface area contributed by atoms with Crippen molar-refractivity contribution in [2.45, 2.75) is 18.7 Å². The minimum atomic E-state index is -2.67. The van der Waals surface area contributed by atoms with E-state index in [2.05, 4.69) is 9.72 Å². The second-order valence-corrected chi connectivity index (χ2v) is 4.52. The van der Waals surface area contributed by atoms with Gasteiger partial charge in [0.1, 0.15) is 3.70 Å². The second-order valence-electron chi connectivity index (χ2n) is 3.15. The maximum absolute atomic E-state index is 12.9. The van der Waals surface area contributed by atoms with Crippen molar-refractivity contribution < 1.29 is 18.3 Å². The molecule has 0 N–H and O–H groups in total. The van der Waals surface area contributed by atoms with Gasteiger partial charge in [0.15, 0.2) is 0 Å². The van der Waals surface area contributed by atoms with Crippen molar-refractivity contribution in [2.24, 2.45) is 0 Å². The van der Waals surface area contributed by atoms with E-state index in [9.17, 15) is 13.6 Å². The lowest BCUT2D eigenvalue weighted by atomic mass is 10.0. The highest BCUT2D eigenvalue weighted by molar-refractivity contribution is 14.1. The Morgan fingerprint density at radius 1 is 1.65 bits per heavy atom. The summed E-state index contributed by atoms with van der Waals surface area (Å²) in [6.45, 7) is 0. The van der Waals surface area contributed by atoms with Crippen LogP contribution in [-0.2, 0) is 21.8 Å². The molecule has 1 aromatic heterocycles. The Labute approximate surface area is 116 Å². The molecule has 1 heterocycles. The van der Waals surface area contributed by atoms with E-state index < -0.39 is 12.4 Å². The SMILES string of the molecule is COC(=O)Cc1c(C(F)F)cc(I)nc1CCl. The van der Waals surface area contributed by atoms with Gasteiger partial charge >= 0.3 is 5.97 Å². The first kappa shape index (κ1) is 14.6. The van der Waals surface area contributed by atoms with Crippen LogP contribution in [0.4, 0.5) is 8.78 Å². The van der Waals surface area contributed by atoms with Crippen LogP contribution in [-0.4, -0.2) is 18.1 Å². The van der Waals surface area contributed by atoms with Crippen LogP contribution in [0.5, 0.6) is 0 Å². The van der Waals surface area contributed by atoms with Crippen LogP contribution in [0.3, 0.4) is 0 Å². The van der Waals surface area contributed by atoms with Crippen molar-refractivity contribution in [3.63, 3.8) is 0 Å². The van der Waals surface area contributed by atoms with Gasteiger partial charge in [-0.25, -0.2) is 13.8 Å². The monoisotopic (exact) mass is 375 g/mol. The molecule has 0 unspecified atom stereocenters. The zero-order valence-electron chi connectivity index (χ0n) is 8.84. The van der Waals surface area contributed by atoms with E-state index in [1.54, 1.807) is 0 Å². The van der Waals surface area contributed by atoms with Crippen LogP contribution in [0.2, 0.25) is 0 Å². The third-order valence-corrected chi connectivity index (χ3v) is 2.93. The number of rotatable bonds is 4. The minimum absolute atomic E-state index is 0.0249. The molecule has 1 rings (SSSR count).